The Morgan fingerprint density at radius 1 is 1.17 bits per heavy atom. The van der Waals surface area contributed by atoms with Gasteiger partial charge >= 0.3 is 5.69 Å². The van der Waals surface area contributed by atoms with Crippen LogP contribution >= 0.6 is 0 Å². The zero-order chi connectivity index (χ0) is 16.8. The molecule has 2 N–H and O–H groups in total. The van der Waals surface area contributed by atoms with Gasteiger partial charge in [0.25, 0.3) is 5.56 Å². The van der Waals surface area contributed by atoms with Gasteiger partial charge in [0.2, 0.25) is 9.84 Å². The molecule has 0 bridgehead atoms. The van der Waals surface area contributed by atoms with Gasteiger partial charge in [0.1, 0.15) is 11.6 Å². The number of nitrogens with zero attached hydrogens (tertiary/aromatic N) is 2. The molecule has 0 aliphatic rings. The van der Waals surface area contributed by atoms with E-state index in [9.17, 15) is 23.3 Å². The Hall–Kier alpha value is -3.01. The molecule has 2 aromatic heterocycles. The smallest absolute Gasteiger partial charge is 0.281 e. The van der Waals surface area contributed by atoms with Gasteiger partial charge < -0.3 is 0 Å². The normalized spacial score (nSPS) is 11.7. The van der Waals surface area contributed by atoms with Crippen molar-refractivity contribution in [2.45, 2.75) is 16.7 Å². The van der Waals surface area contributed by atoms with Gasteiger partial charge in [0, 0.05) is 0 Å². The molecule has 23 heavy (non-hydrogen) atoms. The highest BCUT2D eigenvalue weighted by Gasteiger charge is 2.33. The highest BCUT2D eigenvalue weighted by Crippen LogP contribution is 2.32. The number of H-pyrrole nitrogens is 2. The predicted octanol–water partition coefficient (Wildman–Crippen LogP) is 1.30. The van der Waals surface area contributed by atoms with E-state index in [0.717, 1.165) is 11.8 Å². The van der Waals surface area contributed by atoms with Crippen LogP contribution in [0.5, 0.6) is 0 Å². The quantitative estimate of drug-likeness (QED) is 0.546. The number of aromatic nitrogens is 3. The lowest BCUT2D eigenvalue weighted by Crippen LogP contribution is -2.11. The number of pyridine rings is 1. The van der Waals surface area contributed by atoms with E-state index in [-0.39, 0.29) is 15.9 Å². The molecule has 118 valence electrons. The monoisotopic (exact) mass is 334 g/mol. The average Bonchev–Trinajstić information content (AvgIpc) is 2.88. The molecule has 10 heteroatoms. The van der Waals surface area contributed by atoms with Crippen LogP contribution < -0.4 is 5.56 Å². The molecule has 0 spiro atoms. The third-order valence-corrected chi connectivity index (χ3v) is 5.17. The Morgan fingerprint density at radius 3 is 2.43 bits per heavy atom. The molecule has 2 heterocycles. The summed E-state index contributed by atoms with van der Waals surface area (Å²) in [7, 11) is -4.27. The van der Waals surface area contributed by atoms with Gasteiger partial charge in [-0.15, -0.1) is 0 Å². The van der Waals surface area contributed by atoms with Crippen molar-refractivity contribution in [1.82, 2.24) is 15.2 Å². The SMILES string of the molecule is Cc1ccc(S(=O)(=O)c2c([N+](=O)[O-])cnc3[nH][nH]c(=O)c23)cc1. The van der Waals surface area contributed by atoms with E-state index in [1.54, 1.807) is 19.1 Å². The first kappa shape index (κ1) is 14.9. The highest BCUT2D eigenvalue weighted by molar-refractivity contribution is 7.91. The number of nitro groups is 1. The van der Waals surface area contributed by atoms with Crippen molar-refractivity contribution in [2.75, 3.05) is 0 Å². The van der Waals surface area contributed by atoms with E-state index >= 15 is 0 Å². The van der Waals surface area contributed by atoms with Crippen molar-refractivity contribution in [3.63, 3.8) is 0 Å². The van der Waals surface area contributed by atoms with Crippen LogP contribution in [0.3, 0.4) is 0 Å². The van der Waals surface area contributed by atoms with Gasteiger partial charge in [0.05, 0.1) is 9.82 Å². The van der Waals surface area contributed by atoms with Crippen molar-refractivity contribution < 1.29 is 13.3 Å². The van der Waals surface area contributed by atoms with Crippen LogP contribution in [0.4, 0.5) is 5.69 Å². The molecule has 1 aromatic carbocycles. The molecule has 0 unspecified atom stereocenters. The first-order valence-corrected chi connectivity index (χ1v) is 7.86. The van der Waals surface area contributed by atoms with Crippen LogP contribution in [0.15, 0.2) is 45.0 Å². The van der Waals surface area contributed by atoms with Crippen molar-refractivity contribution in [3.8, 4) is 0 Å². The van der Waals surface area contributed by atoms with E-state index in [2.05, 4.69) is 15.2 Å². The molecule has 0 aliphatic heterocycles. The molecule has 0 fully saturated rings. The number of hydrogen-bond donors (Lipinski definition) is 2. The van der Waals surface area contributed by atoms with E-state index in [4.69, 9.17) is 0 Å². The number of benzene rings is 1. The summed E-state index contributed by atoms with van der Waals surface area (Å²) in [5, 5.41) is 15.4. The Labute approximate surface area is 129 Å². The second-order valence-corrected chi connectivity index (χ2v) is 6.74. The predicted molar refractivity (Wildman–Crippen MR) is 80.0 cm³/mol. The van der Waals surface area contributed by atoms with Gasteiger partial charge in [-0.05, 0) is 19.1 Å². The van der Waals surface area contributed by atoms with Crippen LogP contribution in [0.2, 0.25) is 0 Å². The Balaban J connectivity index is 2.44. The van der Waals surface area contributed by atoms with E-state index < -0.39 is 30.9 Å². The molecule has 0 radical (unpaired) electrons. The minimum absolute atomic E-state index is 0.0636. The Bertz CT molecular complexity index is 1080. The molecule has 9 nitrogen and oxygen atoms in total. The molecule has 3 aromatic rings. The topological polar surface area (TPSA) is 139 Å². The zero-order valence-electron chi connectivity index (χ0n) is 11.7. The maximum atomic E-state index is 12.8. The molecule has 0 saturated carbocycles. The minimum Gasteiger partial charge on any atom is -0.281 e. The summed E-state index contributed by atoms with van der Waals surface area (Å²) in [5.74, 6) is 0. The minimum atomic E-state index is -4.27. The number of fused-ring (bicyclic) bond motifs is 1. The summed E-state index contributed by atoms with van der Waals surface area (Å²) >= 11 is 0. The van der Waals surface area contributed by atoms with Gasteiger partial charge in [-0.1, -0.05) is 17.7 Å². The van der Waals surface area contributed by atoms with Gasteiger partial charge in [-0.2, -0.15) is 0 Å². The van der Waals surface area contributed by atoms with Gasteiger partial charge in [-0.25, -0.2) is 13.4 Å². The van der Waals surface area contributed by atoms with Crippen LogP contribution in [0, 0.1) is 17.0 Å². The average molecular weight is 334 g/mol. The molecule has 0 aliphatic carbocycles. The largest absolute Gasteiger partial charge is 0.307 e. The highest BCUT2D eigenvalue weighted by atomic mass is 32.2. The summed E-state index contributed by atoms with van der Waals surface area (Å²) in [4.78, 5) is 25.1. The molecule has 0 atom stereocenters. The second kappa shape index (κ2) is 5.02. The number of hydrogen-bond acceptors (Lipinski definition) is 6. The van der Waals surface area contributed by atoms with Crippen LogP contribution in [0.1, 0.15) is 5.56 Å². The number of sulfone groups is 1. The molecular weight excluding hydrogens is 324 g/mol. The fourth-order valence-corrected chi connectivity index (χ4v) is 3.80. The fourth-order valence-electron chi connectivity index (χ4n) is 2.21. The first-order valence-electron chi connectivity index (χ1n) is 6.38. The summed E-state index contributed by atoms with van der Waals surface area (Å²) in [6.07, 6.45) is 0.813. The van der Waals surface area contributed by atoms with E-state index in [0.29, 0.717) is 0 Å². The maximum absolute atomic E-state index is 12.8. The number of rotatable bonds is 3. The zero-order valence-corrected chi connectivity index (χ0v) is 12.5. The van der Waals surface area contributed by atoms with Crippen molar-refractivity contribution in [2.24, 2.45) is 0 Å². The maximum Gasteiger partial charge on any atom is 0.307 e. The molecule has 0 saturated heterocycles. The lowest BCUT2D eigenvalue weighted by molar-refractivity contribution is -0.387. The lowest BCUT2D eigenvalue weighted by Gasteiger charge is -2.06. The summed E-state index contributed by atoms with van der Waals surface area (Å²) in [6, 6.07) is 5.81. The summed E-state index contributed by atoms with van der Waals surface area (Å²) < 4.78 is 25.7. The van der Waals surface area contributed by atoms with Crippen LogP contribution in [0.25, 0.3) is 11.0 Å². The number of aryl methyl sites for hydroxylation is 1. The van der Waals surface area contributed by atoms with Crippen molar-refractivity contribution in [1.29, 1.82) is 0 Å². The third-order valence-electron chi connectivity index (χ3n) is 3.33. The van der Waals surface area contributed by atoms with Gasteiger partial charge in [0.15, 0.2) is 10.5 Å². The number of aromatic amines is 2. The lowest BCUT2D eigenvalue weighted by atomic mass is 10.2. The molecular formula is C13H10N4O5S. The summed E-state index contributed by atoms with van der Waals surface area (Å²) in [6.45, 7) is 1.78. The Kier molecular flexibility index (Phi) is 3.25. The van der Waals surface area contributed by atoms with E-state index in [1.165, 1.54) is 12.1 Å². The Morgan fingerprint density at radius 2 is 1.83 bits per heavy atom. The van der Waals surface area contributed by atoms with Crippen molar-refractivity contribution in [3.05, 3.63) is 56.5 Å². The van der Waals surface area contributed by atoms with Crippen molar-refractivity contribution >= 4 is 26.6 Å². The van der Waals surface area contributed by atoms with Crippen LogP contribution in [-0.2, 0) is 9.84 Å². The first-order chi connectivity index (χ1) is 10.8. The second-order valence-electron chi connectivity index (χ2n) is 4.85. The standard InChI is InChI=1S/C13H10N4O5S/c1-7-2-4-8(5-3-7)23(21,22)11-9(17(19)20)6-14-12-10(11)13(18)16-15-12/h2-6H,1H3,(H2,14,15,16,18). The summed E-state index contributed by atoms with van der Waals surface area (Å²) in [5.41, 5.74) is -0.769. The third kappa shape index (κ3) is 2.28. The van der Waals surface area contributed by atoms with Crippen LogP contribution in [-0.4, -0.2) is 28.5 Å². The van der Waals surface area contributed by atoms with E-state index in [1.807, 2.05) is 0 Å². The molecule has 0 amide bonds. The van der Waals surface area contributed by atoms with Gasteiger partial charge in [-0.3, -0.25) is 25.1 Å². The number of nitrogens with one attached hydrogen (secondary N) is 2. The fraction of sp³-hybridized carbons (Fsp3) is 0.0769. The molecule has 3 rings (SSSR count).